The molecule has 0 aromatic heterocycles. The molecule has 14 nitrogen and oxygen atoms in total. The van der Waals surface area contributed by atoms with Gasteiger partial charge in [-0.2, -0.15) is 0 Å². The Bertz CT molecular complexity index is 2420. The molecular formula is C48H55ClN3O11P. The number of carbonyl (C=O) groups is 6. The molecule has 1 aliphatic heterocycles. The Hall–Kier alpha value is -5.50. The van der Waals surface area contributed by atoms with Gasteiger partial charge in [-0.25, -0.2) is 0 Å². The molecule has 0 aliphatic carbocycles. The van der Waals surface area contributed by atoms with E-state index in [-0.39, 0.29) is 46.8 Å². The first kappa shape index (κ1) is 49.5. The number of likely N-dealkylation sites (N-methyl/N-ethyl adjacent to an activating group) is 1. The van der Waals surface area contributed by atoms with Gasteiger partial charge < -0.3 is 35.6 Å². The number of rotatable bonds is 17. The van der Waals surface area contributed by atoms with Crippen LogP contribution in [0.2, 0.25) is 5.02 Å². The van der Waals surface area contributed by atoms with Gasteiger partial charge in [0.1, 0.15) is 29.5 Å². The Kier molecular flexibility index (Phi) is 17.0. The van der Waals surface area contributed by atoms with Crippen molar-refractivity contribution in [2.75, 3.05) is 26.9 Å². The largest absolute Gasteiger partial charge is 0.507 e. The number of nitrogens with one attached hydrogen (secondary N) is 1. The Morgan fingerprint density at radius 2 is 1.50 bits per heavy atom. The maximum atomic E-state index is 14.7. The number of nitrogens with two attached hydrogens (primary N) is 1. The molecule has 2 amide bonds. The normalized spacial score (nSPS) is 18.5. The first-order chi connectivity index (χ1) is 30.3. The van der Waals surface area contributed by atoms with Gasteiger partial charge in [-0.15, -0.1) is 0 Å². The Morgan fingerprint density at radius 3 is 2.12 bits per heavy atom. The van der Waals surface area contributed by atoms with Gasteiger partial charge in [0.05, 0.1) is 6.04 Å². The summed E-state index contributed by atoms with van der Waals surface area (Å²) in [5.41, 5.74) is 8.98. The minimum absolute atomic E-state index is 0.104. The van der Waals surface area contributed by atoms with E-state index in [0.29, 0.717) is 42.0 Å². The summed E-state index contributed by atoms with van der Waals surface area (Å²) in [6.45, 7) is 3.29. The van der Waals surface area contributed by atoms with E-state index in [9.17, 15) is 48.4 Å². The number of hydrogen-bond acceptors (Lipinski definition) is 11. The number of ketones is 4. The molecule has 1 unspecified atom stereocenters. The van der Waals surface area contributed by atoms with Crippen molar-refractivity contribution in [1.29, 1.82) is 0 Å². The number of amides is 2. The maximum absolute atomic E-state index is 14.7. The van der Waals surface area contributed by atoms with E-state index >= 15 is 0 Å². The summed E-state index contributed by atoms with van der Waals surface area (Å²) in [7, 11) is -1.76. The molecule has 6 atom stereocenters. The number of unbranched alkanes of at least 4 members (excludes halogenated alkanes) is 1. The third-order valence-corrected chi connectivity index (χ3v) is 13.2. The topological polar surface area (TPSA) is 231 Å². The molecule has 16 heteroatoms. The van der Waals surface area contributed by atoms with Crippen molar-refractivity contribution in [2.45, 2.75) is 70.9 Å². The van der Waals surface area contributed by atoms with E-state index in [1.807, 2.05) is 24.3 Å². The summed E-state index contributed by atoms with van der Waals surface area (Å²) < 4.78 is 16.6. The van der Waals surface area contributed by atoms with Gasteiger partial charge in [0.15, 0.2) is 17.3 Å². The van der Waals surface area contributed by atoms with Crippen molar-refractivity contribution in [3.05, 3.63) is 107 Å². The zero-order valence-electron chi connectivity index (χ0n) is 36.3. The number of benzene rings is 4. The van der Waals surface area contributed by atoms with Crippen LogP contribution in [0.4, 0.5) is 0 Å². The van der Waals surface area contributed by atoms with Gasteiger partial charge >= 0.3 is 7.60 Å². The fourth-order valence-electron chi connectivity index (χ4n) is 7.86. The highest BCUT2D eigenvalue weighted by Crippen LogP contribution is 2.42. The monoisotopic (exact) mass is 915 g/mol. The molecule has 0 radical (unpaired) electrons. The number of halogens is 1. The lowest BCUT2D eigenvalue weighted by molar-refractivity contribution is -0.142. The number of nitrogens with zero attached hydrogens (tertiary/aromatic N) is 1. The summed E-state index contributed by atoms with van der Waals surface area (Å²) in [5.74, 6) is -6.65. The van der Waals surface area contributed by atoms with Crippen molar-refractivity contribution in [2.24, 2.45) is 23.5 Å². The molecule has 1 aliphatic rings. The van der Waals surface area contributed by atoms with Gasteiger partial charge in [0.2, 0.25) is 11.8 Å². The zero-order valence-corrected chi connectivity index (χ0v) is 37.9. The van der Waals surface area contributed by atoms with Gasteiger partial charge in [-0.1, -0.05) is 80.4 Å². The number of phenolic OH excluding ortho intramolecular Hbond substituents is 2. The molecule has 0 saturated heterocycles. The molecule has 64 heavy (non-hydrogen) atoms. The second-order valence-corrected chi connectivity index (χ2v) is 18.9. The predicted octanol–water partition coefficient (Wildman–Crippen LogP) is 7.24. The highest BCUT2D eigenvalue weighted by Gasteiger charge is 2.37. The lowest BCUT2D eigenvalue weighted by atomic mass is 9.87. The first-order valence-electron chi connectivity index (χ1n) is 21.1. The molecule has 4 bridgehead atoms. The molecule has 6 N–H and O–H groups in total. The minimum Gasteiger partial charge on any atom is -0.507 e. The molecule has 0 saturated carbocycles. The van der Waals surface area contributed by atoms with Crippen LogP contribution in [0.1, 0.15) is 79.9 Å². The zero-order chi connectivity index (χ0) is 46.9. The molecule has 5 rings (SSSR count). The average molecular weight is 916 g/mol. The molecule has 0 spiro atoms. The number of aromatic hydroxyl groups is 2. The summed E-state index contributed by atoms with van der Waals surface area (Å²) in [5, 5.41) is 25.6. The van der Waals surface area contributed by atoms with Crippen molar-refractivity contribution in [3.63, 3.8) is 0 Å². The Balaban J connectivity index is 1.48. The van der Waals surface area contributed by atoms with Crippen LogP contribution >= 0.6 is 19.2 Å². The lowest BCUT2D eigenvalue weighted by Crippen LogP contribution is -2.46. The lowest BCUT2D eigenvalue weighted by Gasteiger charge is -2.32. The molecule has 340 valence electrons. The number of hydrogen-bond donors (Lipinski definition) is 5. The predicted molar refractivity (Wildman–Crippen MR) is 243 cm³/mol. The summed E-state index contributed by atoms with van der Waals surface area (Å²) in [4.78, 5) is 94.6. The highest BCUT2D eigenvalue weighted by atomic mass is 35.5. The van der Waals surface area contributed by atoms with Crippen LogP contribution < -0.4 is 11.1 Å². The number of Topliss-reactive ketones (excluding diaryl/α,β-unsaturated/α-hetero) is 4. The van der Waals surface area contributed by atoms with Crippen molar-refractivity contribution >= 4 is 54.1 Å². The summed E-state index contributed by atoms with van der Waals surface area (Å²) >= 11 is 6.05. The quantitative estimate of drug-likeness (QED) is 0.0401. The fourth-order valence-corrected chi connectivity index (χ4v) is 8.82. The molecular weight excluding hydrogens is 861 g/mol. The average Bonchev–Trinajstić information content (AvgIpc) is 3.26. The van der Waals surface area contributed by atoms with Crippen LogP contribution in [-0.2, 0) is 39.5 Å². The van der Waals surface area contributed by atoms with Crippen LogP contribution in [0.15, 0.2) is 84.9 Å². The van der Waals surface area contributed by atoms with E-state index < -0.39 is 85.6 Å². The molecule has 0 fully saturated rings. The van der Waals surface area contributed by atoms with E-state index in [2.05, 4.69) is 9.84 Å². The van der Waals surface area contributed by atoms with E-state index in [1.54, 1.807) is 24.3 Å². The van der Waals surface area contributed by atoms with Gasteiger partial charge in [0, 0.05) is 72.9 Å². The fraction of sp³-hybridized carbons (Fsp3) is 0.375. The second-order valence-electron chi connectivity index (χ2n) is 16.5. The van der Waals surface area contributed by atoms with Gasteiger partial charge in [0.25, 0.3) is 0 Å². The standard InChI is InChI=1S/C48H55ClN3O11P/c1-28(45(58)27-64(61,62)63-4)21-43(56)39-24-30-8-18-40(53)37(23-30)38-25-34(15-19-41(38)54)46(44(57)22-29(2)47(59)51-39)52(3)48(60)35(7-5-6-20-50)26-42(55)33-11-9-31(10-12-33)32-13-16-36(49)17-14-32/h8-19,23,25,28-29,35,39,46,53-54H,5-7,20-22,24,26-27,50H2,1-4H3,(H,51,59)(H,61,62)/t28-,29-,35-,39+,46+/m1/s1. The second kappa shape index (κ2) is 21.9. The van der Waals surface area contributed by atoms with Crippen LogP contribution in [0.3, 0.4) is 0 Å². The van der Waals surface area contributed by atoms with Crippen LogP contribution in [0.5, 0.6) is 11.5 Å². The third-order valence-electron chi connectivity index (χ3n) is 11.7. The van der Waals surface area contributed by atoms with Crippen LogP contribution in [0, 0.1) is 17.8 Å². The minimum atomic E-state index is -4.21. The van der Waals surface area contributed by atoms with Gasteiger partial charge in [-0.3, -0.25) is 33.3 Å². The Morgan fingerprint density at radius 1 is 0.891 bits per heavy atom. The summed E-state index contributed by atoms with van der Waals surface area (Å²) in [6.07, 6.45) is -0.451. The van der Waals surface area contributed by atoms with E-state index in [1.165, 1.54) is 62.2 Å². The van der Waals surface area contributed by atoms with E-state index in [4.69, 9.17) is 17.3 Å². The smallest absolute Gasteiger partial charge is 0.335 e. The van der Waals surface area contributed by atoms with E-state index in [0.717, 1.165) is 18.2 Å². The van der Waals surface area contributed by atoms with Crippen molar-refractivity contribution in [3.8, 4) is 33.8 Å². The molecule has 4 aromatic carbocycles. The number of phenols is 2. The molecule has 1 heterocycles. The van der Waals surface area contributed by atoms with Crippen molar-refractivity contribution in [1.82, 2.24) is 10.2 Å². The number of carbonyl (C=O) groups excluding carboxylic acids is 6. The summed E-state index contributed by atoms with van der Waals surface area (Å²) in [6, 6.07) is 20.5. The van der Waals surface area contributed by atoms with Crippen LogP contribution in [0.25, 0.3) is 22.3 Å². The highest BCUT2D eigenvalue weighted by molar-refractivity contribution is 7.53. The first-order valence-corrected chi connectivity index (χ1v) is 23.2. The maximum Gasteiger partial charge on any atom is 0.335 e. The molecule has 4 aromatic rings. The third kappa shape index (κ3) is 12.6. The Labute approximate surface area is 377 Å². The number of fused-ring (bicyclic) bond motifs is 5. The van der Waals surface area contributed by atoms with Crippen LogP contribution in [-0.4, -0.2) is 87.9 Å². The van der Waals surface area contributed by atoms with Gasteiger partial charge in [-0.05, 0) is 84.5 Å². The SMILES string of the molecule is COP(=O)(O)CC(=O)[C@H](C)CC(=O)[C@@H]1Cc2ccc(O)c(c2)-c2cc(ccc2O)[C@H](N(C)C(=O)[C@H](CCCCN)CC(=O)c2ccc(-c3ccc(Cl)cc3)cc2)C(=O)C[C@@H](C)C(=O)N1. The van der Waals surface area contributed by atoms with Crippen molar-refractivity contribution < 1.29 is 53.0 Å².